The first-order valence-electron chi connectivity index (χ1n) is 11.5. The van der Waals surface area contributed by atoms with Gasteiger partial charge < -0.3 is 20.1 Å². The summed E-state index contributed by atoms with van der Waals surface area (Å²) >= 11 is 0. The lowest BCUT2D eigenvalue weighted by Crippen LogP contribution is -2.50. The molecule has 1 aliphatic heterocycles. The second-order valence-corrected chi connectivity index (χ2v) is 9.01. The van der Waals surface area contributed by atoms with Crippen LogP contribution < -0.4 is 5.32 Å². The van der Waals surface area contributed by atoms with Crippen molar-refractivity contribution in [3.05, 3.63) is 59.7 Å². The molecule has 0 saturated carbocycles. The molecule has 2 amide bonds. The van der Waals surface area contributed by atoms with E-state index in [4.69, 9.17) is 9.84 Å². The molecule has 1 atom stereocenters. The van der Waals surface area contributed by atoms with Gasteiger partial charge in [0.25, 0.3) is 0 Å². The summed E-state index contributed by atoms with van der Waals surface area (Å²) in [4.78, 5) is 37.1. The Balaban J connectivity index is 1.19. The van der Waals surface area contributed by atoms with Crippen molar-refractivity contribution in [2.24, 2.45) is 5.92 Å². The monoisotopic (exact) mass is 450 g/mol. The average molecular weight is 451 g/mol. The molecular formula is C26H30N2O5. The number of carbonyl (C=O) groups excluding carboxylic acids is 2. The Labute approximate surface area is 193 Å². The number of benzene rings is 2. The molecule has 7 nitrogen and oxygen atoms in total. The van der Waals surface area contributed by atoms with Gasteiger partial charge in [0.05, 0.1) is 0 Å². The zero-order valence-electron chi connectivity index (χ0n) is 18.8. The molecule has 1 fully saturated rings. The van der Waals surface area contributed by atoms with Gasteiger partial charge in [-0.1, -0.05) is 48.5 Å². The molecule has 2 aromatic rings. The lowest BCUT2D eigenvalue weighted by atomic mass is 9.94. The van der Waals surface area contributed by atoms with Gasteiger partial charge >= 0.3 is 12.1 Å². The van der Waals surface area contributed by atoms with Crippen LogP contribution in [0.3, 0.4) is 0 Å². The second kappa shape index (κ2) is 10.1. The highest BCUT2D eigenvalue weighted by atomic mass is 16.5. The number of carboxylic acid groups (broad SMARTS) is 1. The van der Waals surface area contributed by atoms with Crippen LogP contribution in [0.2, 0.25) is 0 Å². The van der Waals surface area contributed by atoms with Crippen molar-refractivity contribution < 1.29 is 24.2 Å². The van der Waals surface area contributed by atoms with Gasteiger partial charge in [-0.25, -0.2) is 4.79 Å². The van der Waals surface area contributed by atoms with Gasteiger partial charge in [-0.15, -0.1) is 0 Å². The third-order valence-electron chi connectivity index (χ3n) is 6.58. The number of alkyl carbamates (subject to hydrolysis) is 1. The molecule has 7 heteroatoms. The molecule has 1 saturated heterocycles. The Morgan fingerprint density at radius 1 is 1.03 bits per heavy atom. The van der Waals surface area contributed by atoms with Crippen molar-refractivity contribution in [3.63, 3.8) is 0 Å². The fraction of sp³-hybridized carbons (Fsp3) is 0.423. The van der Waals surface area contributed by atoms with Crippen LogP contribution in [-0.4, -0.2) is 53.7 Å². The first-order valence-corrected chi connectivity index (χ1v) is 11.5. The number of likely N-dealkylation sites (tertiary alicyclic amines) is 1. The van der Waals surface area contributed by atoms with Crippen molar-refractivity contribution >= 4 is 18.0 Å². The largest absolute Gasteiger partial charge is 0.481 e. The van der Waals surface area contributed by atoms with Crippen molar-refractivity contribution in [2.75, 3.05) is 19.7 Å². The number of nitrogens with one attached hydrogen (secondary N) is 1. The Hall–Kier alpha value is -3.35. The van der Waals surface area contributed by atoms with Gasteiger partial charge in [0.2, 0.25) is 5.91 Å². The van der Waals surface area contributed by atoms with Crippen LogP contribution in [-0.2, 0) is 14.3 Å². The number of ether oxygens (including phenoxy) is 1. The molecule has 0 aromatic heterocycles. The van der Waals surface area contributed by atoms with Crippen LogP contribution in [0.15, 0.2) is 48.5 Å². The number of carbonyl (C=O) groups is 3. The lowest BCUT2D eigenvalue weighted by Gasteiger charge is -2.39. The number of rotatable bonds is 9. The molecule has 0 radical (unpaired) electrons. The summed E-state index contributed by atoms with van der Waals surface area (Å²) in [6.45, 7) is 3.37. The maximum atomic E-state index is 12.4. The summed E-state index contributed by atoms with van der Waals surface area (Å²) in [5.41, 5.74) is 4.71. The fourth-order valence-corrected chi connectivity index (χ4v) is 4.70. The smallest absolute Gasteiger partial charge is 0.407 e. The van der Waals surface area contributed by atoms with E-state index in [0.29, 0.717) is 32.4 Å². The highest BCUT2D eigenvalue weighted by Crippen LogP contribution is 2.44. The normalized spacial score (nSPS) is 15.8. The van der Waals surface area contributed by atoms with Gasteiger partial charge in [-0.05, 0) is 47.9 Å². The molecule has 2 aromatic carbocycles. The lowest BCUT2D eigenvalue weighted by molar-refractivity contribution is -0.139. The summed E-state index contributed by atoms with van der Waals surface area (Å²) in [5, 5.41) is 11.6. The summed E-state index contributed by atoms with van der Waals surface area (Å²) in [5.74, 6) is -0.461. The average Bonchev–Trinajstić information content (AvgIpc) is 3.09. The number of amides is 2. The maximum absolute atomic E-state index is 12.4. The first-order chi connectivity index (χ1) is 15.9. The van der Waals surface area contributed by atoms with Crippen LogP contribution in [0.5, 0.6) is 0 Å². The van der Waals surface area contributed by atoms with Gasteiger partial charge in [-0.2, -0.15) is 0 Å². The molecule has 2 N–H and O–H groups in total. The van der Waals surface area contributed by atoms with E-state index in [1.54, 1.807) is 4.90 Å². The van der Waals surface area contributed by atoms with E-state index in [-0.39, 0.29) is 36.8 Å². The Kier molecular flexibility index (Phi) is 6.96. The molecule has 1 unspecified atom stereocenters. The van der Waals surface area contributed by atoms with E-state index in [9.17, 15) is 14.4 Å². The highest BCUT2D eigenvalue weighted by molar-refractivity contribution is 5.79. The van der Waals surface area contributed by atoms with Crippen LogP contribution >= 0.6 is 0 Å². The summed E-state index contributed by atoms with van der Waals surface area (Å²) < 4.78 is 5.56. The Morgan fingerprint density at radius 3 is 2.24 bits per heavy atom. The summed E-state index contributed by atoms with van der Waals surface area (Å²) in [6, 6.07) is 16.2. The quantitative estimate of drug-likeness (QED) is 0.602. The third kappa shape index (κ3) is 5.35. The van der Waals surface area contributed by atoms with Crippen LogP contribution in [0.25, 0.3) is 11.1 Å². The molecule has 0 spiro atoms. The van der Waals surface area contributed by atoms with Crippen LogP contribution in [0, 0.1) is 5.92 Å². The third-order valence-corrected chi connectivity index (χ3v) is 6.58. The number of aliphatic carboxylic acids is 1. The molecule has 4 rings (SSSR count). The number of hydrogen-bond acceptors (Lipinski definition) is 4. The zero-order valence-corrected chi connectivity index (χ0v) is 18.8. The molecule has 174 valence electrons. The van der Waals surface area contributed by atoms with E-state index in [1.807, 2.05) is 31.2 Å². The number of nitrogens with zero attached hydrogens (tertiary/aromatic N) is 1. The van der Waals surface area contributed by atoms with Gasteiger partial charge in [-0.3, -0.25) is 9.59 Å². The van der Waals surface area contributed by atoms with Crippen LogP contribution in [0.4, 0.5) is 4.79 Å². The number of hydrogen-bond donors (Lipinski definition) is 2. The molecule has 0 bridgehead atoms. The maximum Gasteiger partial charge on any atom is 0.407 e. The van der Waals surface area contributed by atoms with E-state index in [2.05, 4.69) is 29.6 Å². The van der Waals surface area contributed by atoms with Crippen molar-refractivity contribution in [1.29, 1.82) is 0 Å². The van der Waals surface area contributed by atoms with Gasteiger partial charge in [0.1, 0.15) is 6.61 Å². The predicted octanol–water partition coefficient (Wildman–Crippen LogP) is 4.02. The minimum absolute atomic E-state index is 0.0144. The molecular weight excluding hydrogens is 420 g/mol. The van der Waals surface area contributed by atoms with E-state index in [1.165, 1.54) is 22.3 Å². The Morgan fingerprint density at radius 2 is 1.64 bits per heavy atom. The molecule has 1 heterocycles. The van der Waals surface area contributed by atoms with E-state index >= 15 is 0 Å². The predicted molar refractivity (Wildman–Crippen MR) is 124 cm³/mol. The fourth-order valence-electron chi connectivity index (χ4n) is 4.70. The van der Waals surface area contributed by atoms with Gasteiger partial charge in [0.15, 0.2) is 0 Å². The first kappa shape index (κ1) is 22.8. The van der Waals surface area contributed by atoms with Crippen molar-refractivity contribution in [3.8, 4) is 11.1 Å². The van der Waals surface area contributed by atoms with Gasteiger partial charge in [0, 0.05) is 37.9 Å². The molecule has 33 heavy (non-hydrogen) atoms. The molecule has 2 aliphatic rings. The minimum atomic E-state index is -0.798. The standard InChI is InChI=1S/C26H30N2O5/c1-17(10-12-24(29)28-14-18(15-28)11-13-25(30)31)27-26(32)33-16-23-21-8-4-2-6-19(21)20-7-3-5-9-22(20)23/h2-9,17-18,23H,10-16H2,1H3,(H,27,32)(H,30,31). The SMILES string of the molecule is CC(CCC(=O)N1CC(CCC(=O)O)C1)NC(=O)OCC1c2ccccc2-c2ccccc21. The topological polar surface area (TPSA) is 95.9 Å². The van der Waals surface area contributed by atoms with E-state index < -0.39 is 12.1 Å². The van der Waals surface area contributed by atoms with E-state index in [0.717, 1.165) is 0 Å². The van der Waals surface area contributed by atoms with Crippen LogP contribution in [0.1, 0.15) is 49.7 Å². The number of carboxylic acids is 1. The van der Waals surface area contributed by atoms with Crippen molar-refractivity contribution in [1.82, 2.24) is 10.2 Å². The minimum Gasteiger partial charge on any atom is -0.481 e. The van der Waals surface area contributed by atoms with Crippen molar-refractivity contribution in [2.45, 2.75) is 44.6 Å². The summed E-state index contributed by atoms with van der Waals surface area (Å²) in [7, 11) is 0. The highest BCUT2D eigenvalue weighted by Gasteiger charge is 2.31. The summed E-state index contributed by atoms with van der Waals surface area (Å²) in [6.07, 6.45) is 1.15. The Bertz CT molecular complexity index is 985. The second-order valence-electron chi connectivity index (χ2n) is 9.01. The number of fused-ring (bicyclic) bond motifs is 3. The molecule has 1 aliphatic carbocycles. The zero-order chi connectivity index (χ0) is 23.4.